The van der Waals surface area contributed by atoms with Crippen LogP contribution >= 0.6 is 0 Å². The molecular weight excluding hydrogens is 238 g/mol. The summed E-state index contributed by atoms with van der Waals surface area (Å²) in [5, 5.41) is 0. The minimum Gasteiger partial charge on any atom is -0.497 e. The summed E-state index contributed by atoms with van der Waals surface area (Å²) in [5.74, 6) is 1.65. The van der Waals surface area contributed by atoms with Crippen LogP contribution < -0.4 is 10.5 Å². The van der Waals surface area contributed by atoms with Crippen LogP contribution in [0.5, 0.6) is 5.75 Å². The minimum atomic E-state index is 0.779. The average Bonchev–Trinajstić information content (AvgIpc) is 2.77. The molecule has 1 aliphatic rings. The zero-order chi connectivity index (χ0) is 13.8. The first-order valence-electron chi connectivity index (χ1n) is 6.88. The maximum Gasteiger partial charge on any atom is 0.119 e. The minimum absolute atomic E-state index is 0.779. The first-order chi connectivity index (χ1) is 9.08. The van der Waals surface area contributed by atoms with E-state index in [4.69, 9.17) is 10.5 Å². The second-order valence-corrected chi connectivity index (χ2v) is 5.68. The summed E-state index contributed by atoms with van der Waals surface area (Å²) >= 11 is 0. The van der Waals surface area contributed by atoms with Gasteiger partial charge in [-0.25, -0.2) is 0 Å². The number of methoxy groups -OCH3 is 1. The lowest BCUT2D eigenvalue weighted by Gasteiger charge is -2.22. The quantitative estimate of drug-likeness (QED) is 0.820. The molecule has 1 aliphatic heterocycles. The van der Waals surface area contributed by atoms with E-state index in [9.17, 15) is 0 Å². The van der Waals surface area contributed by atoms with Gasteiger partial charge in [0.05, 0.1) is 7.11 Å². The van der Waals surface area contributed by atoms with E-state index in [-0.39, 0.29) is 0 Å². The van der Waals surface area contributed by atoms with Gasteiger partial charge in [-0.2, -0.15) is 0 Å². The van der Waals surface area contributed by atoms with E-state index in [0.717, 1.165) is 36.0 Å². The lowest BCUT2D eigenvalue weighted by Crippen LogP contribution is -2.27. The SMILES string of the molecule is COc1ccc(N)c(CN(C)CC2CCN(C)C2)c1. The summed E-state index contributed by atoms with van der Waals surface area (Å²) in [6.45, 7) is 4.43. The third kappa shape index (κ3) is 3.85. The number of anilines is 1. The van der Waals surface area contributed by atoms with E-state index in [1.165, 1.54) is 19.5 Å². The predicted molar refractivity (Wildman–Crippen MR) is 79.3 cm³/mol. The van der Waals surface area contributed by atoms with Gasteiger partial charge in [0.1, 0.15) is 5.75 Å². The highest BCUT2D eigenvalue weighted by Crippen LogP contribution is 2.22. The molecule has 4 heteroatoms. The third-order valence-electron chi connectivity index (χ3n) is 3.85. The maximum atomic E-state index is 6.03. The highest BCUT2D eigenvalue weighted by molar-refractivity contribution is 5.50. The van der Waals surface area contributed by atoms with Gasteiger partial charge in [0.25, 0.3) is 0 Å². The van der Waals surface area contributed by atoms with Gasteiger partial charge in [0.15, 0.2) is 0 Å². The average molecular weight is 263 g/mol. The molecule has 0 spiro atoms. The first-order valence-corrected chi connectivity index (χ1v) is 6.88. The molecule has 1 fully saturated rings. The zero-order valence-corrected chi connectivity index (χ0v) is 12.2. The number of hydrogen-bond donors (Lipinski definition) is 1. The van der Waals surface area contributed by atoms with E-state index < -0.39 is 0 Å². The van der Waals surface area contributed by atoms with Crippen molar-refractivity contribution in [2.75, 3.05) is 46.6 Å². The predicted octanol–water partition coefficient (Wildman–Crippen LogP) is 1.66. The van der Waals surface area contributed by atoms with Crippen LogP contribution in [0.1, 0.15) is 12.0 Å². The van der Waals surface area contributed by atoms with Crippen molar-refractivity contribution in [2.45, 2.75) is 13.0 Å². The fourth-order valence-corrected chi connectivity index (χ4v) is 2.82. The molecule has 0 radical (unpaired) electrons. The normalized spacial score (nSPS) is 20.1. The van der Waals surface area contributed by atoms with Crippen LogP contribution in [-0.2, 0) is 6.54 Å². The van der Waals surface area contributed by atoms with Gasteiger partial charge in [0, 0.05) is 25.3 Å². The summed E-state index contributed by atoms with van der Waals surface area (Å²) in [5.41, 5.74) is 8.02. The number of likely N-dealkylation sites (tertiary alicyclic amines) is 1. The molecular formula is C15H25N3O. The van der Waals surface area contributed by atoms with Gasteiger partial charge in [-0.1, -0.05) is 0 Å². The standard InChI is InChI=1S/C15H25N3O/c1-17-7-6-12(9-17)10-18(2)11-13-8-14(19-3)4-5-15(13)16/h4-5,8,12H,6-7,9-11,16H2,1-3H3. The molecule has 0 amide bonds. The summed E-state index contributed by atoms with van der Waals surface area (Å²) in [6, 6.07) is 5.86. The Balaban J connectivity index is 1.92. The molecule has 4 nitrogen and oxygen atoms in total. The summed E-state index contributed by atoms with van der Waals surface area (Å²) in [7, 11) is 6.05. The molecule has 0 saturated carbocycles. The Hall–Kier alpha value is -1.26. The largest absolute Gasteiger partial charge is 0.497 e. The summed E-state index contributed by atoms with van der Waals surface area (Å²) in [4.78, 5) is 4.76. The van der Waals surface area contributed by atoms with Crippen molar-refractivity contribution in [3.63, 3.8) is 0 Å². The van der Waals surface area contributed by atoms with Crippen LogP contribution in [-0.4, -0.2) is 50.6 Å². The molecule has 0 aliphatic carbocycles. The maximum absolute atomic E-state index is 6.03. The van der Waals surface area contributed by atoms with Crippen LogP contribution in [0.15, 0.2) is 18.2 Å². The number of nitrogens with two attached hydrogens (primary N) is 1. The van der Waals surface area contributed by atoms with Crippen molar-refractivity contribution in [2.24, 2.45) is 5.92 Å². The molecule has 2 rings (SSSR count). The molecule has 1 saturated heterocycles. The van der Waals surface area contributed by atoms with E-state index >= 15 is 0 Å². The Morgan fingerprint density at radius 3 is 2.89 bits per heavy atom. The Bertz CT molecular complexity index is 422. The van der Waals surface area contributed by atoms with Crippen LogP contribution in [0.25, 0.3) is 0 Å². The summed E-state index contributed by atoms with van der Waals surface area (Å²) < 4.78 is 5.26. The topological polar surface area (TPSA) is 41.7 Å². The molecule has 1 aromatic rings. The molecule has 1 aromatic carbocycles. The van der Waals surface area contributed by atoms with Crippen molar-refractivity contribution in [3.8, 4) is 5.75 Å². The van der Waals surface area contributed by atoms with Gasteiger partial charge < -0.3 is 20.3 Å². The molecule has 0 bridgehead atoms. The fourth-order valence-electron chi connectivity index (χ4n) is 2.82. The molecule has 1 unspecified atom stereocenters. The highest BCUT2D eigenvalue weighted by atomic mass is 16.5. The smallest absolute Gasteiger partial charge is 0.119 e. The Morgan fingerprint density at radius 2 is 2.26 bits per heavy atom. The second-order valence-electron chi connectivity index (χ2n) is 5.68. The van der Waals surface area contributed by atoms with E-state index in [2.05, 4.69) is 23.9 Å². The highest BCUT2D eigenvalue weighted by Gasteiger charge is 2.20. The Labute approximate surface area is 116 Å². The van der Waals surface area contributed by atoms with E-state index in [1.54, 1.807) is 7.11 Å². The first kappa shape index (κ1) is 14.2. The third-order valence-corrected chi connectivity index (χ3v) is 3.85. The van der Waals surface area contributed by atoms with Crippen LogP contribution in [0.2, 0.25) is 0 Å². The lowest BCUT2D eigenvalue weighted by atomic mass is 10.1. The number of ether oxygens (including phenoxy) is 1. The molecule has 2 N–H and O–H groups in total. The monoisotopic (exact) mass is 263 g/mol. The van der Waals surface area contributed by atoms with Crippen LogP contribution in [0.4, 0.5) is 5.69 Å². The number of nitrogens with zero attached hydrogens (tertiary/aromatic N) is 2. The molecule has 1 heterocycles. The second kappa shape index (κ2) is 6.26. The van der Waals surface area contributed by atoms with Gasteiger partial charge in [-0.05, 0) is 56.7 Å². The molecule has 0 aromatic heterocycles. The number of hydrogen-bond acceptors (Lipinski definition) is 4. The van der Waals surface area contributed by atoms with Crippen LogP contribution in [0.3, 0.4) is 0 Å². The van der Waals surface area contributed by atoms with Crippen LogP contribution in [0, 0.1) is 5.92 Å². The molecule has 1 atom stereocenters. The Morgan fingerprint density at radius 1 is 1.47 bits per heavy atom. The Kier molecular flexibility index (Phi) is 4.66. The number of benzene rings is 1. The van der Waals surface area contributed by atoms with Crippen molar-refractivity contribution in [1.82, 2.24) is 9.80 Å². The molecule has 106 valence electrons. The van der Waals surface area contributed by atoms with Gasteiger partial charge >= 0.3 is 0 Å². The number of nitrogen functional groups attached to an aromatic ring is 1. The van der Waals surface area contributed by atoms with E-state index in [0.29, 0.717) is 0 Å². The lowest BCUT2D eigenvalue weighted by molar-refractivity contribution is 0.267. The summed E-state index contributed by atoms with van der Waals surface area (Å²) in [6.07, 6.45) is 1.30. The van der Waals surface area contributed by atoms with Gasteiger partial charge in [0.2, 0.25) is 0 Å². The van der Waals surface area contributed by atoms with Crippen molar-refractivity contribution < 1.29 is 4.74 Å². The van der Waals surface area contributed by atoms with Gasteiger partial charge in [-0.15, -0.1) is 0 Å². The van der Waals surface area contributed by atoms with Crippen molar-refractivity contribution >= 4 is 5.69 Å². The van der Waals surface area contributed by atoms with Gasteiger partial charge in [-0.3, -0.25) is 0 Å². The van der Waals surface area contributed by atoms with Crippen molar-refractivity contribution in [3.05, 3.63) is 23.8 Å². The van der Waals surface area contributed by atoms with E-state index in [1.807, 2.05) is 18.2 Å². The molecule has 19 heavy (non-hydrogen) atoms. The number of rotatable bonds is 5. The zero-order valence-electron chi connectivity index (χ0n) is 12.2. The fraction of sp³-hybridized carbons (Fsp3) is 0.600. The van der Waals surface area contributed by atoms with Crippen molar-refractivity contribution in [1.29, 1.82) is 0 Å².